The molecule has 0 aliphatic rings. The van der Waals surface area contributed by atoms with Gasteiger partial charge in [-0.1, -0.05) is 33.6 Å². The van der Waals surface area contributed by atoms with Gasteiger partial charge in [0.15, 0.2) is 0 Å². The first-order valence-electron chi connectivity index (χ1n) is 9.28. The molecule has 1 unspecified atom stereocenters. The largest absolute Gasteiger partial charge is 0.491 e. The van der Waals surface area contributed by atoms with E-state index in [1.807, 2.05) is 31.2 Å². The second-order valence-electron chi connectivity index (χ2n) is 7.21. The molecule has 0 fully saturated rings. The smallest absolute Gasteiger partial charge is 0.256 e. The molecule has 1 aromatic heterocycles. The number of ether oxygens (including phenoxy) is 2. The SMILES string of the molecule is CCCCC(C)(OC)C(=O)Nc1ccc(OCC(C)C)c2ncccc12. The Bertz CT molecular complexity index is 745. The molecule has 0 saturated heterocycles. The fraction of sp³-hybridized carbons (Fsp3) is 0.524. The highest BCUT2D eigenvalue weighted by Crippen LogP contribution is 2.31. The van der Waals surface area contributed by atoms with Crippen LogP contribution >= 0.6 is 0 Å². The molecule has 1 atom stereocenters. The lowest BCUT2D eigenvalue weighted by Crippen LogP contribution is -2.42. The number of nitrogens with one attached hydrogen (secondary N) is 1. The van der Waals surface area contributed by atoms with Gasteiger partial charge in [-0.25, -0.2) is 0 Å². The van der Waals surface area contributed by atoms with Crippen LogP contribution in [0.15, 0.2) is 30.5 Å². The predicted molar refractivity (Wildman–Crippen MR) is 106 cm³/mol. The van der Waals surface area contributed by atoms with Crippen LogP contribution in [0.4, 0.5) is 5.69 Å². The molecule has 2 rings (SSSR count). The lowest BCUT2D eigenvalue weighted by atomic mass is 9.97. The summed E-state index contributed by atoms with van der Waals surface area (Å²) < 4.78 is 11.4. The van der Waals surface area contributed by atoms with Crippen molar-refractivity contribution in [2.24, 2.45) is 5.92 Å². The molecule has 0 spiro atoms. The van der Waals surface area contributed by atoms with E-state index in [9.17, 15) is 4.79 Å². The summed E-state index contributed by atoms with van der Waals surface area (Å²) >= 11 is 0. The van der Waals surface area contributed by atoms with Gasteiger partial charge in [-0.05, 0) is 43.5 Å². The molecule has 0 aliphatic carbocycles. The number of amides is 1. The average Bonchev–Trinajstić information content (AvgIpc) is 2.65. The molecule has 26 heavy (non-hydrogen) atoms. The summed E-state index contributed by atoms with van der Waals surface area (Å²) in [5.74, 6) is 1.01. The van der Waals surface area contributed by atoms with Crippen LogP contribution in [0.25, 0.3) is 10.9 Å². The minimum atomic E-state index is -0.850. The number of benzene rings is 1. The molecule has 1 N–H and O–H groups in total. The fourth-order valence-electron chi connectivity index (χ4n) is 2.71. The van der Waals surface area contributed by atoms with Gasteiger partial charge in [0, 0.05) is 18.7 Å². The summed E-state index contributed by atoms with van der Waals surface area (Å²) in [5, 5.41) is 3.88. The van der Waals surface area contributed by atoms with E-state index in [2.05, 4.69) is 31.1 Å². The number of methoxy groups -OCH3 is 1. The van der Waals surface area contributed by atoms with Crippen LogP contribution in [-0.4, -0.2) is 30.2 Å². The Morgan fingerprint density at radius 2 is 2.08 bits per heavy atom. The normalized spacial score (nSPS) is 13.6. The number of hydrogen-bond acceptors (Lipinski definition) is 4. The van der Waals surface area contributed by atoms with Gasteiger partial charge in [0.1, 0.15) is 16.9 Å². The van der Waals surface area contributed by atoms with Crippen LogP contribution < -0.4 is 10.1 Å². The molecule has 1 aromatic carbocycles. The van der Waals surface area contributed by atoms with Gasteiger partial charge in [0.25, 0.3) is 5.91 Å². The van der Waals surface area contributed by atoms with E-state index in [-0.39, 0.29) is 5.91 Å². The van der Waals surface area contributed by atoms with Gasteiger partial charge in [-0.15, -0.1) is 0 Å². The van der Waals surface area contributed by atoms with Crippen molar-refractivity contribution in [1.82, 2.24) is 4.98 Å². The van der Waals surface area contributed by atoms with Crippen molar-refractivity contribution in [3.63, 3.8) is 0 Å². The van der Waals surface area contributed by atoms with Gasteiger partial charge < -0.3 is 14.8 Å². The Hall–Kier alpha value is -2.14. The van der Waals surface area contributed by atoms with E-state index >= 15 is 0 Å². The van der Waals surface area contributed by atoms with Crippen LogP contribution in [0, 0.1) is 5.92 Å². The Kier molecular flexibility index (Phi) is 6.98. The van der Waals surface area contributed by atoms with Crippen LogP contribution in [0.5, 0.6) is 5.75 Å². The van der Waals surface area contributed by atoms with E-state index in [0.717, 1.165) is 35.2 Å². The first kappa shape index (κ1) is 20.2. The van der Waals surface area contributed by atoms with E-state index in [0.29, 0.717) is 18.9 Å². The predicted octanol–water partition coefficient (Wildman–Crippen LogP) is 4.80. The second kappa shape index (κ2) is 8.99. The highest BCUT2D eigenvalue weighted by atomic mass is 16.5. The maximum atomic E-state index is 12.8. The molecular weight excluding hydrogens is 328 g/mol. The molecule has 0 bridgehead atoms. The number of nitrogens with zero attached hydrogens (tertiary/aromatic N) is 1. The average molecular weight is 358 g/mol. The Labute approximate surface area is 156 Å². The monoisotopic (exact) mass is 358 g/mol. The summed E-state index contributed by atoms with van der Waals surface area (Å²) in [6, 6.07) is 7.53. The third-order valence-electron chi connectivity index (χ3n) is 4.49. The highest BCUT2D eigenvalue weighted by Gasteiger charge is 2.32. The zero-order valence-electron chi connectivity index (χ0n) is 16.5. The molecule has 2 aromatic rings. The van der Waals surface area contributed by atoms with Crippen molar-refractivity contribution >= 4 is 22.5 Å². The summed E-state index contributed by atoms with van der Waals surface area (Å²) in [6.07, 6.45) is 4.36. The van der Waals surface area contributed by atoms with Crippen LogP contribution in [0.3, 0.4) is 0 Å². The third-order valence-corrected chi connectivity index (χ3v) is 4.49. The summed E-state index contributed by atoms with van der Waals surface area (Å²) in [4.78, 5) is 17.3. The van der Waals surface area contributed by atoms with E-state index in [4.69, 9.17) is 9.47 Å². The van der Waals surface area contributed by atoms with Crippen molar-refractivity contribution in [3.8, 4) is 5.75 Å². The minimum absolute atomic E-state index is 0.144. The number of carbonyl (C=O) groups is 1. The first-order valence-corrected chi connectivity index (χ1v) is 9.28. The van der Waals surface area contributed by atoms with Crippen LogP contribution in [0.2, 0.25) is 0 Å². The van der Waals surface area contributed by atoms with Crippen molar-refractivity contribution in [2.45, 2.75) is 52.6 Å². The third kappa shape index (κ3) is 4.73. The number of unbranched alkanes of at least 4 members (excludes halogenated alkanes) is 1. The lowest BCUT2D eigenvalue weighted by Gasteiger charge is -2.27. The van der Waals surface area contributed by atoms with Gasteiger partial charge in [-0.3, -0.25) is 9.78 Å². The van der Waals surface area contributed by atoms with Crippen molar-refractivity contribution < 1.29 is 14.3 Å². The molecule has 0 aliphatic heterocycles. The van der Waals surface area contributed by atoms with Crippen LogP contribution in [-0.2, 0) is 9.53 Å². The number of aromatic nitrogens is 1. The zero-order valence-corrected chi connectivity index (χ0v) is 16.5. The molecule has 0 radical (unpaired) electrons. The number of pyridine rings is 1. The van der Waals surface area contributed by atoms with E-state index < -0.39 is 5.60 Å². The quantitative estimate of drug-likeness (QED) is 0.699. The van der Waals surface area contributed by atoms with Gasteiger partial charge in [0.2, 0.25) is 0 Å². The summed E-state index contributed by atoms with van der Waals surface area (Å²) in [5.41, 5.74) is 0.616. The number of rotatable bonds is 9. The summed E-state index contributed by atoms with van der Waals surface area (Å²) in [7, 11) is 1.58. The molecule has 142 valence electrons. The minimum Gasteiger partial charge on any atom is -0.491 e. The van der Waals surface area contributed by atoms with Crippen LogP contribution in [0.1, 0.15) is 47.0 Å². The molecule has 1 amide bonds. The van der Waals surface area contributed by atoms with Crippen molar-refractivity contribution in [3.05, 3.63) is 30.5 Å². The molecule has 0 saturated carbocycles. The maximum Gasteiger partial charge on any atom is 0.256 e. The summed E-state index contributed by atoms with van der Waals surface area (Å²) in [6.45, 7) is 8.76. The van der Waals surface area contributed by atoms with E-state index in [1.54, 1.807) is 13.3 Å². The Morgan fingerprint density at radius 3 is 2.73 bits per heavy atom. The topological polar surface area (TPSA) is 60.5 Å². The van der Waals surface area contributed by atoms with Crippen molar-refractivity contribution in [2.75, 3.05) is 19.0 Å². The second-order valence-corrected chi connectivity index (χ2v) is 7.21. The number of carbonyl (C=O) groups excluding carboxylic acids is 1. The fourth-order valence-corrected chi connectivity index (χ4v) is 2.71. The molecule has 5 heteroatoms. The van der Waals surface area contributed by atoms with Gasteiger partial charge >= 0.3 is 0 Å². The Balaban J connectivity index is 2.30. The van der Waals surface area contributed by atoms with E-state index in [1.165, 1.54) is 0 Å². The highest BCUT2D eigenvalue weighted by molar-refractivity contribution is 6.05. The molecule has 1 heterocycles. The number of hydrogen-bond donors (Lipinski definition) is 1. The Morgan fingerprint density at radius 1 is 1.31 bits per heavy atom. The number of fused-ring (bicyclic) bond motifs is 1. The maximum absolute atomic E-state index is 12.8. The lowest BCUT2D eigenvalue weighted by molar-refractivity contribution is -0.136. The van der Waals surface area contributed by atoms with Gasteiger partial charge in [-0.2, -0.15) is 0 Å². The van der Waals surface area contributed by atoms with Crippen molar-refractivity contribution in [1.29, 1.82) is 0 Å². The molecule has 5 nitrogen and oxygen atoms in total. The standard InChI is InChI=1S/C21H30N2O3/c1-6-7-12-21(4,25-5)20(24)23-17-10-11-18(26-14-15(2)3)19-16(17)9-8-13-22-19/h8-11,13,15H,6-7,12,14H2,1-5H3,(H,23,24). The first-order chi connectivity index (χ1) is 12.4. The molecular formula is C21H30N2O3. The van der Waals surface area contributed by atoms with Gasteiger partial charge in [0.05, 0.1) is 12.3 Å². The zero-order chi connectivity index (χ0) is 19.2. The number of anilines is 1.